The first-order chi connectivity index (χ1) is 20.6. The Kier molecular flexibility index (Phi) is 9.12. The van der Waals surface area contributed by atoms with Crippen molar-refractivity contribution in [2.45, 2.75) is 25.1 Å². The first-order valence-corrected chi connectivity index (χ1v) is 14.0. The summed E-state index contributed by atoms with van der Waals surface area (Å²) in [5, 5.41) is 3.59. The lowest BCUT2D eigenvalue weighted by molar-refractivity contribution is -0.137. The Morgan fingerprint density at radius 2 is 1.74 bits per heavy atom. The Hall–Kier alpha value is -4.22. The van der Waals surface area contributed by atoms with Crippen molar-refractivity contribution in [1.29, 1.82) is 0 Å². The van der Waals surface area contributed by atoms with Crippen molar-refractivity contribution < 1.29 is 27.4 Å². The first-order valence-electron chi connectivity index (χ1n) is 14.0. The number of carbonyl (C=O) groups excluding carboxylic acids is 1. The van der Waals surface area contributed by atoms with Crippen LogP contribution in [0.4, 0.5) is 18.9 Å². The van der Waals surface area contributed by atoms with Crippen molar-refractivity contribution >= 4 is 22.5 Å². The Labute approximate surface area is 248 Å². The van der Waals surface area contributed by atoms with Crippen LogP contribution in [0.3, 0.4) is 0 Å². The van der Waals surface area contributed by atoms with Gasteiger partial charge in [0.1, 0.15) is 6.33 Å². The van der Waals surface area contributed by atoms with E-state index in [9.17, 15) is 18.0 Å². The Balaban J connectivity index is 1.23. The molecule has 1 amide bonds. The monoisotopic (exact) mass is 593 g/mol. The van der Waals surface area contributed by atoms with Crippen molar-refractivity contribution in [3.8, 4) is 22.8 Å². The lowest BCUT2D eigenvalue weighted by atomic mass is 10.1. The largest absolute Gasteiger partial charge is 0.493 e. The number of ether oxygens (including phenoxy) is 2. The third-order valence-electron chi connectivity index (χ3n) is 7.55. The van der Waals surface area contributed by atoms with Crippen LogP contribution in [0.2, 0.25) is 0 Å². The molecule has 0 spiro atoms. The van der Waals surface area contributed by atoms with Crippen molar-refractivity contribution in [3.05, 3.63) is 78.1 Å². The number of carbonyl (C=O) groups is 1. The molecule has 5 rings (SSSR count). The van der Waals surface area contributed by atoms with Gasteiger partial charge >= 0.3 is 6.18 Å². The van der Waals surface area contributed by atoms with Gasteiger partial charge in [-0.2, -0.15) is 13.2 Å². The van der Waals surface area contributed by atoms with E-state index in [2.05, 4.69) is 39.2 Å². The molecular formula is C32H34F3N5O3. The van der Waals surface area contributed by atoms with Gasteiger partial charge in [0.25, 0.3) is 0 Å². The number of likely N-dealkylation sites (tertiary alicyclic amines) is 1. The molecule has 8 nitrogen and oxygen atoms in total. The number of likely N-dealkylation sites (N-methyl/N-ethyl adjacent to an activating group) is 1. The molecule has 3 aromatic carbocycles. The summed E-state index contributed by atoms with van der Waals surface area (Å²) in [4.78, 5) is 26.1. The molecule has 1 aliphatic rings. The summed E-state index contributed by atoms with van der Waals surface area (Å²) in [6.07, 6.45) is -2.07. The molecule has 0 aliphatic carbocycles. The molecule has 0 radical (unpaired) electrons. The fraction of sp³-hybridized carbons (Fsp3) is 0.344. The highest BCUT2D eigenvalue weighted by molar-refractivity contribution is 5.95. The average Bonchev–Trinajstić information content (AvgIpc) is 2.95. The zero-order valence-corrected chi connectivity index (χ0v) is 24.3. The number of rotatable bonds is 11. The zero-order chi connectivity index (χ0) is 30.6. The van der Waals surface area contributed by atoms with E-state index in [-0.39, 0.29) is 12.3 Å². The Morgan fingerprint density at radius 1 is 1.02 bits per heavy atom. The van der Waals surface area contributed by atoms with Crippen LogP contribution in [0.1, 0.15) is 17.5 Å². The second kappa shape index (κ2) is 13.0. The topological polar surface area (TPSA) is 79.8 Å². The molecule has 1 aliphatic heterocycles. The summed E-state index contributed by atoms with van der Waals surface area (Å²) in [5.41, 5.74) is 2.53. The van der Waals surface area contributed by atoms with E-state index in [1.54, 1.807) is 19.2 Å². The Morgan fingerprint density at radius 3 is 2.40 bits per heavy atom. The molecular weight excluding hydrogens is 559 g/mol. The predicted octanol–water partition coefficient (Wildman–Crippen LogP) is 5.52. The molecule has 1 N–H and O–H groups in total. The minimum absolute atomic E-state index is 0.0460. The normalized spacial score (nSPS) is 14.1. The molecule has 43 heavy (non-hydrogen) atoms. The van der Waals surface area contributed by atoms with Crippen molar-refractivity contribution in [1.82, 2.24) is 19.8 Å². The molecule has 2 heterocycles. The van der Waals surface area contributed by atoms with Crippen LogP contribution in [-0.4, -0.2) is 79.2 Å². The maximum atomic E-state index is 12.8. The van der Waals surface area contributed by atoms with E-state index in [1.165, 1.54) is 18.5 Å². The third kappa shape index (κ3) is 7.41. The summed E-state index contributed by atoms with van der Waals surface area (Å²) in [6, 6.07) is 16.1. The SMILES string of the molecule is COc1cc2ncnc(-c3ccc(NC(=O)Cc4ccc(C(F)(F)F)cc4)cc3)c2cc1OCCCN1CC(N(C)C)C1. The van der Waals surface area contributed by atoms with Crippen LogP contribution in [0, 0.1) is 0 Å². The molecule has 4 aromatic rings. The number of nitrogens with zero attached hydrogens (tertiary/aromatic N) is 4. The predicted molar refractivity (Wildman–Crippen MR) is 159 cm³/mol. The van der Waals surface area contributed by atoms with Gasteiger partial charge in [0, 0.05) is 48.4 Å². The van der Waals surface area contributed by atoms with Gasteiger partial charge in [-0.1, -0.05) is 24.3 Å². The number of halogens is 3. The fourth-order valence-electron chi connectivity index (χ4n) is 5.00. The summed E-state index contributed by atoms with van der Waals surface area (Å²) in [6.45, 7) is 3.68. The van der Waals surface area contributed by atoms with E-state index in [0.717, 1.165) is 49.1 Å². The van der Waals surface area contributed by atoms with E-state index < -0.39 is 11.7 Å². The molecule has 1 aromatic heterocycles. The number of hydrogen-bond acceptors (Lipinski definition) is 7. The quantitative estimate of drug-likeness (QED) is 0.230. The van der Waals surface area contributed by atoms with Gasteiger partial charge < -0.3 is 19.7 Å². The van der Waals surface area contributed by atoms with Crippen LogP contribution >= 0.6 is 0 Å². The summed E-state index contributed by atoms with van der Waals surface area (Å²) >= 11 is 0. The van der Waals surface area contributed by atoms with Crippen molar-refractivity contribution in [3.63, 3.8) is 0 Å². The third-order valence-corrected chi connectivity index (χ3v) is 7.55. The molecule has 11 heteroatoms. The average molecular weight is 594 g/mol. The van der Waals surface area contributed by atoms with Crippen LogP contribution in [-0.2, 0) is 17.4 Å². The summed E-state index contributed by atoms with van der Waals surface area (Å²) in [7, 11) is 5.82. The fourth-order valence-corrected chi connectivity index (χ4v) is 5.00. The van der Waals surface area contributed by atoms with Crippen LogP contribution in [0.5, 0.6) is 11.5 Å². The van der Waals surface area contributed by atoms with E-state index >= 15 is 0 Å². The van der Waals surface area contributed by atoms with E-state index in [4.69, 9.17) is 9.47 Å². The standard InChI is InChI=1S/C32H34F3N5O3/c1-39(2)25-18-40(19-25)13-4-14-43-29-16-26-27(17-28(29)42-3)36-20-37-31(26)22-7-11-24(12-8-22)38-30(41)15-21-5-9-23(10-6-21)32(33,34)35/h5-12,16-17,20,25H,4,13-15,18-19H2,1-3H3,(H,38,41). The highest BCUT2D eigenvalue weighted by Gasteiger charge is 2.30. The van der Waals surface area contributed by atoms with Crippen LogP contribution < -0.4 is 14.8 Å². The molecule has 226 valence electrons. The van der Waals surface area contributed by atoms with Crippen LogP contribution in [0.15, 0.2) is 67.0 Å². The highest BCUT2D eigenvalue weighted by Crippen LogP contribution is 2.36. The number of fused-ring (bicyclic) bond motifs is 1. The summed E-state index contributed by atoms with van der Waals surface area (Å²) in [5.74, 6) is 0.883. The van der Waals surface area contributed by atoms with Gasteiger partial charge in [-0.25, -0.2) is 9.97 Å². The van der Waals surface area contributed by atoms with Gasteiger partial charge in [-0.15, -0.1) is 0 Å². The second-order valence-electron chi connectivity index (χ2n) is 10.8. The highest BCUT2D eigenvalue weighted by atomic mass is 19.4. The molecule has 0 unspecified atom stereocenters. The first kappa shape index (κ1) is 30.2. The number of amides is 1. The number of alkyl halides is 3. The maximum Gasteiger partial charge on any atom is 0.416 e. The minimum Gasteiger partial charge on any atom is -0.493 e. The van der Waals surface area contributed by atoms with Gasteiger partial charge in [0.15, 0.2) is 11.5 Å². The Bertz CT molecular complexity index is 1550. The van der Waals surface area contributed by atoms with E-state index in [0.29, 0.717) is 46.6 Å². The molecule has 0 atom stereocenters. The zero-order valence-electron chi connectivity index (χ0n) is 24.3. The second-order valence-corrected chi connectivity index (χ2v) is 10.8. The lowest BCUT2D eigenvalue weighted by Gasteiger charge is -2.42. The molecule has 1 fully saturated rings. The van der Waals surface area contributed by atoms with Gasteiger partial charge in [-0.3, -0.25) is 9.69 Å². The van der Waals surface area contributed by atoms with E-state index in [1.807, 2.05) is 24.3 Å². The van der Waals surface area contributed by atoms with Crippen molar-refractivity contribution in [2.24, 2.45) is 0 Å². The number of aromatic nitrogens is 2. The number of anilines is 1. The van der Waals surface area contributed by atoms with Crippen LogP contribution in [0.25, 0.3) is 22.2 Å². The molecule has 0 bridgehead atoms. The summed E-state index contributed by atoms with van der Waals surface area (Å²) < 4.78 is 50.1. The van der Waals surface area contributed by atoms with Crippen molar-refractivity contribution in [2.75, 3.05) is 52.8 Å². The number of nitrogens with one attached hydrogen (secondary N) is 1. The lowest BCUT2D eigenvalue weighted by Crippen LogP contribution is -2.57. The van der Waals surface area contributed by atoms with Gasteiger partial charge in [-0.05, 0) is 56.4 Å². The maximum absolute atomic E-state index is 12.8. The minimum atomic E-state index is -4.41. The number of methoxy groups -OCH3 is 1. The smallest absolute Gasteiger partial charge is 0.416 e. The number of hydrogen-bond donors (Lipinski definition) is 1. The molecule has 1 saturated heterocycles. The number of benzene rings is 3. The van der Waals surface area contributed by atoms with Gasteiger partial charge in [0.2, 0.25) is 5.91 Å². The molecule has 0 saturated carbocycles. The van der Waals surface area contributed by atoms with Gasteiger partial charge in [0.05, 0.1) is 36.9 Å².